The zero-order valence-electron chi connectivity index (χ0n) is 14.4. The summed E-state index contributed by atoms with van der Waals surface area (Å²) in [6.07, 6.45) is 0.105. The molecule has 0 radical (unpaired) electrons. The molecule has 6 heteroatoms. The Labute approximate surface area is 136 Å². The molecule has 1 atom stereocenters. The second-order valence-electron chi connectivity index (χ2n) is 6.55. The van der Waals surface area contributed by atoms with Crippen LogP contribution in [0.3, 0.4) is 0 Å². The lowest BCUT2D eigenvalue weighted by Gasteiger charge is -2.15. The molecule has 0 saturated carbocycles. The molecule has 1 unspecified atom stereocenters. The molecular weight excluding hydrogens is 294 g/mol. The molecule has 0 fully saturated rings. The third-order valence-corrected chi connectivity index (χ3v) is 3.97. The van der Waals surface area contributed by atoms with E-state index in [0.717, 1.165) is 5.69 Å². The van der Waals surface area contributed by atoms with Gasteiger partial charge in [0.25, 0.3) is 11.6 Å². The fourth-order valence-corrected chi connectivity index (χ4v) is 2.35. The molecule has 0 aliphatic rings. The molecule has 0 saturated heterocycles. The van der Waals surface area contributed by atoms with Crippen molar-refractivity contribution in [2.75, 3.05) is 6.54 Å². The van der Waals surface area contributed by atoms with Gasteiger partial charge in [0, 0.05) is 12.2 Å². The molecule has 0 aliphatic heterocycles. The van der Waals surface area contributed by atoms with Gasteiger partial charge in [0.1, 0.15) is 0 Å². The van der Waals surface area contributed by atoms with Gasteiger partial charge >= 0.3 is 0 Å². The summed E-state index contributed by atoms with van der Waals surface area (Å²) >= 11 is 0. The Bertz CT molecular complexity index is 692. The third-order valence-electron chi connectivity index (χ3n) is 3.97. The Kier molecular flexibility index (Phi) is 5.36. The number of pyridine rings is 1. The Morgan fingerprint density at radius 3 is 2.65 bits per heavy atom. The Hall–Kier alpha value is -1.95. The topological polar surface area (TPSA) is 88.2 Å². The van der Waals surface area contributed by atoms with Crippen LogP contribution >= 0.6 is 0 Å². The number of carbonyl (C=O) groups excluding carboxylic acids is 1. The summed E-state index contributed by atoms with van der Waals surface area (Å²) in [6, 6.07) is 1.80. The van der Waals surface area contributed by atoms with Crippen molar-refractivity contribution in [3.8, 4) is 0 Å². The molecule has 0 spiro atoms. The minimum Gasteiger partial charge on any atom is -0.393 e. The minimum atomic E-state index is -0.420. The maximum absolute atomic E-state index is 12.5. The van der Waals surface area contributed by atoms with Crippen molar-refractivity contribution in [1.82, 2.24) is 15.5 Å². The van der Waals surface area contributed by atoms with Gasteiger partial charge in [-0.05, 0) is 31.2 Å². The number of aromatic nitrogens is 2. The minimum absolute atomic E-state index is 0.174. The lowest BCUT2D eigenvalue weighted by atomic mass is 10.0. The quantitative estimate of drug-likeness (QED) is 0.854. The number of nitrogens with one attached hydrogen (secondary N) is 1. The molecule has 2 heterocycles. The summed E-state index contributed by atoms with van der Waals surface area (Å²) in [6.45, 7) is 10.1. The second-order valence-corrected chi connectivity index (χ2v) is 6.55. The number of rotatable bonds is 6. The Morgan fingerprint density at radius 1 is 1.35 bits per heavy atom. The molecule has 6 nitrogen and oxygen atoms in total. The van der Waals surface area contributed by atoms with Gasteiger partial charge < -0.3 is 14.9 Å². The van der Waals surface area contributed by atoms with E-state index in [4.69, 9.17) is 4.52 Å². The molecule has 1 amide bonds. The highest BCUT2D eigenvalue weighted by atomic mass is 16.5. The van der Waals surface area contributed by atoms with E-state index >= 15 is 0 Å². The van der Waals surface area contributed by atoms with Gasteiger partial charge in [-0.25, -0.2) is 4.98 Å². The number of hydrogen-bond acceptors (Lipinski definition) is 5. The van der Waals surface area contributed by atoms with E-state index in [0.29, 0.717) is 35.3 Å². The second kappa shape index (κ2) is 7.08. The highest BCUT2D eigenvalue weighted by Gasteiger charge is 2.20. The summed E-state index contributed by atoms with van der Waals surface area (Å²) < 4.78 is 5.22. The van der Waals surface area contributed by atoms with Gasteiger partial charge in [-0.3, -0.25) is 4.79 Å². The molecule has 2 aromatic rings. The number of amides is 1. The van der Waals surface area contributed by atoms with Crippen LogP contribution in [0.15, 0.2) is 10.6 Å². The first-order chi connectivity index (χ1) is 10.8. The fraction of sp³-hybridized carbons (Fsp3) is 0.588. The van der Waals surface area contributed by atoms with Crippen molar-refractivity contribution in [2.45, 2.75) is 53.1 Å². The Morgan fingerprint density at radius 2 is 2.04 bits per heavy atom. The van der Waals surface area contributed by atoms with E-state index in [9.17, 15) is 9.90 Å². The van der Waals surface area contributed by atoms with Crippen LogP contribution in [0, 0.1) is 12.8 Å². The lowest BCUT2D eigenvalue weighted by Crippen LogP contribution is -2.29. The first-order valence-corrected chi connectivity index (χ1v) is 8.04. The van der Waals surface area contributed by atoms with Crippen molar-refractivity contribution in [2.24, 2.45) is 5.92 Å². The molecule has 0 bridgehead atoms. The van der Waals surface area contributed by atoms with Crippen LogP contribution in [0.25, 0.3) is 11.1 Å². The molecule has 126 valence electrons. The van der Waals surface area contributed by atoms with Crippen molar-refractivity contribution < 1.29 is 14.4 Å². The fourth-order valence-electron chi connectivity index (χ4n) is 2.35. The zero-order valence-corrected chi connectivity index (χ0v) is 14.4. The van der Waals surface area contributed by atoms with Gasteiger partial charge in [0.2, 0.25) is 0 Å². The van der Waals surface area contributed by atoms with E-state index in [1.54, 1.807) is 13.0 Å². The molecule has 0 aromatic carbocycles. The number of aliphatic hydroxyl groups excluding tert-OH is 1. The molecule has 2 aromatic heterocycles. The maximum Gasteiger partial charge on any atom is 0.259 e. The number of carbonyl (C=O) groups is 1. The molecule has 0 aliphatic carbocycles. The third kappa shape index (κ3) is 3.88. The van der Waals surface area contributed by atoms with Crippen LogP contribution in [-0.2, 0) is 0 Å². The van der Waals surface area contributed by atoms with E-state index in [1.807, 2.05) is 27.7 Å². The first kappa shape index (κ1) is 17.4. The van der Waals surface area contributed by atoms with E-state index in [2.05, 4.69) is 15.5 Å². The summed E-state index contributed by atoms with van der Waals surface area (Å²) in [4.78, 5) is 17.0. The SMILES string of the molecule is Cc1noc2nc(C(C)C)cc(C(=O)NCCC(O)C(C)C)c12. The summed E-state index contributed by atoms with van der Waals surface area (Å²) in [7, 11) is 0. The molecule has 2 rings (SSSR count). The molecular formula is C17H25N3O3. The normalized spacial score (nSPS) is 13.0. The molecule has 2 N–H and O–H groups in total. The smallest absolute Gasteiger partial charge is 0.259 e. The van der Waals surface area contributed by atoms with Crippen molar-refractivity contribution in [1.29, 1.82) is 0 Å². The monoisotopic (exact) mass is 319 g/mol. The van der Waals surface area contributed by atoms with Gasteiger partial charge in [0.15, 0.2) is 0 Å². The number of hydrogen-bond donors (Lipinski definition) is 2. The highest BCUT2D eigenvalue weighted by molar-refractivity contribution is 6.06. The predicted octanol–water partition coefficient (Wildman–Crippen LogP) is 2.79. The van der Waals surface area contributed by atoms with Crippen LogP contribution in [0.1, 0.15) is 61.8 Å². The van der Waals surface area contributed by atoms with E-state index in [-0.39, 0.29) is 17.7 Å². The number of fused-ring (bicyclic) bond motifs is 1. The standard InChI is InChI=1S/C17H25N3O3/c1-9(2)13-8-12(15-11(5)20-23-17(15)19-13)16(22)18-7-6-14(21)10(3)4/h8-10,14,21H,6-7H2,1-5H3,(H,18,22). The highest BCUT2D eigenvalue weighted by Crippen LogP contribution is 2.25. The summed E-state index contributed by atoms with van der Waals surface area (Å²) in [5.74, 6) is 0.160. The number of aliphatic hydroxyl groups is 1. The van der Waals surface area contributed by atoms with Crippen LogP contribution in [-0.4, -0.2) is 33.8 Å². The van der Waals surface area contributed by atoms with Crippen molar-refractivity contribution in [3.05, 3.63) is 23.0 Å². The average Bonchev–Trinajstić information content (AvgIpc) is 2.87. The maximum atomic E-state index is 12.5. The average molecular weight is 319 g/mol. The van der Waals surface area contributed by atoms with Crippen molar-refractivity contribution in [3.63, 3.8) is 0 Å². The van der Waals surface area contributed by atoms with Gasteiger partial charge in [-0.2, -0.15) is 0 Å². The van der Waals surface area contributed by atoms with Gasteiger partial charge in [0.05, 0.1) is 22.7 Å². The van der Waals surface area contributed by atoms with Crippen LogP contribution < -0.4 is 5.32 Å². The Balaban J connectivity index is 2.23. The predicted molar refractivity (Wildman–Crippen MR) is 88.4 cm³/mol. The lowest BCUT2D eigenvalue weighted by molar-refractivity contribution is 0.0921. The van der Waals surface area contributed by atoms with E-state index < -0.39 is 6.10 Å². The van der Waals surface area contributed by atoms with Gasteiger partial charge in [-0.1, -0.05) is 32.9 Å². The zero-order chi connectivity index (χ0) is 17.1. The van der Waals surface area contributed by atoms with E-state index in [1.165, 1.54) is 0 Å². The first-order valence-electron chi connectivity index (χ1n) is 8.04. The number of nitrogens with zero attached hydrogens (tertiary/aromatic N) is 2. The van der Waals surface area contributed by atoms with Crippen LogP contribution in [0.4, 0.5) is 0 Å². The van der Waals surface area contributed by atoms with Crippen molar-refractivity contribution >= 4 is 17.0 Å². The largest absolute Gasteiger partial charge is 0.393 e. The summed E-state index contributed by atoms with van der Waals surface area (Å²) in [5.41, 5.74) is 2.36. The summed E-state index contributed by atoms with van der Waals surface area (Å²) in [5, 5.41) is 17.3. The van der Waals surface area contributed by atoms with Crippen LogP contribution in [0.5, 0.6) is 0 Å². The molecule has 23 heavy (non-hydrogen) atoms. The number of aryl methyl sites for hydroxylation is 1. The van der Waals surface area contributed by atoms with Crippen LogP contribution in [0.2, 0.25) is 0 Å². The van der Waals surface area contributed by atoms with Gasteiger partial charge in [-0.15, -0.1) is 0 Å².